The van der Waals surface area contributed by atoms with E-state index in [2.05, 4.69) is 43.5 Å². The molecule has 6 nitrogen and oxygen atoms in total. The molecule has 384 valence electrons. The van der Waals surface area contributed by atoms with Crippen LogP contribution >= 0.6 is 0 Å². The van der Waals surface area contributed by atoms with Crippen molar-refractivity contribution in [2.45, 2.75) is 328 Å². The third kappa shape index (κ3) is 51.6. The SMILES string of the molecule is CCCCC/C=C\C/C=C\CCCCCCCCCC(=O)OCCCCCCCCCCCCCCCCCCCC(=O)NC(CO)C(O)CCCCCCCCCCCCCCCC. The number of esters is 1. The van der Waals surface area contributed by atoms with E-state index in [0.29, 0.717) is 25.9 Å². The molecule has 6 heteroatoms. The van der Waals surface area contributed by atoms with Gasteiger partial charge < -0.3 is 20.3 Å². The van der Waals surface area contributed by atoms with Gasteiger partial charge in [0, 0.05) is 12.8 Å². The molecule has 1 amide bonds. The maximum Gasteiger partial charge on any atom is 0.305 e. The van der Waals surface area contributed by atoms with Crippen LogP contribution in [0, 0.1) is 0 Å². The summed E-state index contributed by atoms with van der Waals surface area (Å²) in [6, 6.07) is -0.545. The fraction of sp³-hybridized carbons (Fsp3) is 0.898. The molecule has 3 N–H and O–H groups in total. The zero-order valence-electron chi connectivity index (χ0n) is 43.7. The molecule has 0 rings (SSSR count). The predicted octanol–water partition coefficient (Wildman–Crippen LogP) is 17.9. The van der Waals surface area contributed by atoms with E-state index >= 15 is 0 Å². The van der Waals surface area contributed by atoms with E-state index in [9.17, 15) is 19.8 Å². The van der Waals surface area contributed by atoms with Gasteiger partial charge in [-0.15, -0.1) is 0 Å². The maximum atomic E-state index is 12.5. The van der Waals surface area contributed by atoms with Gasteiger partial charge in [0.2, 0.25) is 5.91 Å². The molecule has 0 aromatic carbocycles. The Balaban J connectivity index is 3.40. The second-order valence-corrected chi connectivity index (χ2v) is 20.0. The highest BCUT2D eigenvalue weighted by Crippen LogP contribution is 2.17. The van der Waals surface area contributed by atoms with Crippen molar-refractivity contribution in [1.82, 2.24) is 5.32 Å². The lowest BCUT2D eigenvalue weighted by molar-refractivity contribution is -0.143. The molecular formula is C59H113NO5. The van der Waals surface area contributed by atoms with E-state index in [-0.39, 0.29) is 18.5 Å². The first-order chi connectivity index (χ1) is 32.0. The van der Waals surface area contributed by atoms with E-state index in [4.69, 9.17) is 4.74 Å². The lowest BCUT2D eigenvalue weighted by atomic mass is 10.0. The summed E-state index contributed by atoms with van der Waals surface area (Å²) in [5.74, 6) is -0.0415. The Morgan fingerprint density at radius 3 is 1.20 bits per heavy atom. The van der Waals surface area contributed by atoms with Crippen LogP contribution in [-0.4, -0.2) is 47.4 Å². The molecule has 65 heavy (non-hydrogen) atoms. The number of ether oxygens (including phenoxy) is 1. The van der Waals surface area contributed by atoms with Crippen LogP contribution in [0.5, 0.6) is 0 Å². The molecule has 2 unspecified atom stereocenters. The van der Waals surface area contributed by atoms with Gasteiger partial charge in [-0.05, 0) is 57.8 Å². The van der Waals surface area contributed by atoms with Gasteiger partial charge in [-0.2, -0.15) is 0 Å². The molecular weight excluding hydrogens is 803 g/mol. The van der Waals surface area contributed by atoms with E-state index in [0.717, 1.165) is 51.4 Å². The van der Waals surface area contributed by atoms with Crippen LogP contribution in [0.2, 0.25) is 0 Å². The van der Waals surface area contributed by atoms with Crippen LogP contribution in [0.25, 0.3) is 0 Å². The molecule has 0 saturated carbocycles. The lowest BCUT2D eigenvalue weighted by Crippen LogP contribution is -2.45. The van der Waals surface area contributed by atoms with E-state index in [1.54, 1.807) is 0 Å². The number of allylic oxidation sites excluding steroid dienone is 4. The number of unbranched alkanes of at least 4 members (excludes halogenated alkanes) is 39. The zero-order valence-corrected chi connectivity index (χ0v) is 43.7. The molecule has 0 spiro atoms. The van der Waals surface area contributed by atoms with Crippen molar-refractivity contribution in [1.29, 1.82) is 0 Å². The number of amides is 1. The van der Waals surface area contributed by atoms with E-state index in [1.807, 2.05) is 0 Å². The molecule has 0 aromatic rings. The summed E-state index contributed by atoms with van der Waals surface area (Å²) in [4.78, 5) is 24.5. The highest BCUT2D eigenvalue weighted by Gasteiger charge is 2.20. The minimum absolute atomic E-state index is 0.00207. The largest absolute Gasteiger partial charge is 0.466 e. The Hall–Kier alpha value is -1.66. The van der Waals surface area contributed by atoms with Crippen molar-refractivity contribution in [3.63, 3.8) is 0 Å². The van der Waals surface area contributed by atoms with Gasteiger partial charge in [0.15, 0.2) is 0 Å². The van der Waals surface area contributed by atoms with Crippen LogP contribution in [0.15, 0.2) is 24.3 Å². The average Bonchev–Trinajstić information content (AvgIpc) is 3.31. The second kappa shape index (κ2) is 54.9. The smallest absolute Gasteiger partial charge is 0.305 e. The number of aliphatic hydroxyl groups is 2. The van der Waals surface area contributed by atoms with Crippen LogP contribution < -0.4 is 5.32 Å². The molecule has 0 heterocycles. The van der Waals surface area contributed by atoms with E-state index < -0.39 is 12.1 Å². The maximum absolute atomic E-state index is 12.5. The van der Waals surface area contributed by atoms with Crippen LogP contribution in [0.1, 0.15) is 316 Å². The first-order valence-corrected chi connectivity index (χ1v) is 29.1. The van der Waals surface area contributed by atoms with Crippen LogP contribution in [0.3, 0.4) is 0 Å². The van der Waals surface area contributed by atoms with Gasteiger partial charge in [-0.25, -0.2) is 0 Å². The number of aliphatic hydroxyl groups excluding tert-OH is 2. The zero-order chi connectivity index (χ0) is 47.2. The quantitative estimate of drug-likeness (QED) is 0.0321. The van der Waals surface area contributed by atoms with Crippen molar-refractivity contribution >= 4 is 11.9 Å². The molecule has 0 aromatic heterocycles. The average molecular weight is 917 g/mol. The number of carbonyl (C=O) groups is 2. The van der Waals surface area contributed by atoms with Crippen LogP contribution in [-0.2, 0) is 14.3 Å². The monoisotopic (exact) mass is 916 g/mol. The topological polar surface area (TPSA) is 95.9 Å². The predicted molar refractivity (Wildman–Crippen MR) is 283 cm³/mol. The molecule has 0 saturated heterocycles. The third-order valence-electron chi connectivity index (χ3n) is 13.5. The minimum Gasteiger partial charge on any atom is -0.466 e. The normalized spacial score (nSPS) is 12.7. The molecule has 2 atom stereocenters. The molecule has 0 aliphatic heterocycles. The summed E-state index contributed by atoms with van der Waals surface area (Å²) < 4.78 is 5.48. The molecule has 0 aliphatic rings. The first kappa shape index (κ1) is 63.3. The van der Waals surface area contributed by atoms with Gasteiger partial charge in [0.05, 0.1) is 25.4 Å². The molecule has 0 radical (unpaired) electrons. The van der Waals surface area contributed by atoms with Gasteiger partial charge in [-0.1, -0.05) is 269 Å². The van der Waals surface area contributed by atoms with E-state index in [1.165, 1.54) is 231 Å². The Morgan fingerprint density at radius 2 is 0.769 bits per heavy atom. The van der Waals surface area contributed by atoms with Gasteiger partial charge in [-0.3, -0.25) is 9.59 Å². The van der Waals surface area contributed by atoms with Crippen molar-refractivity contribution < 1.29 is 24.5 Å². The van der Waals surface area contributed by atoms with Crippen molar-refractivity contribution in [2.24, 2.45) is 0 Å². The van der Waals surface area contributed by atoms with Crippen molar-refractivity contribution in [3.8, 4) is 0 Å². The number of nitrogens with one attached hydrogen (secondary N) is 1. The van der Waals surface area contributed by atoms with Crippen molar-refractivity contribution in [2.75, 3.05) is 13.2 Å². The van der Waals surface area contributed by atoms with Crippen LogP contribution in [0.4, 0.5) is 0 Å². The van der Waals surface area contributed by atoms with Gasteiger partial charge in [0.1, 0.15) is 0 Å². The Morgan fingerprint density at radius 1 is 0.431 bits per heavy atom. The minimum atomic E-state index is -0.667. The molecule has 0 aliphatic carbocycles. The Labute approximate surface area is 405 Å². The van der Waals surface area contributed by atoms with Gasteiger partial charge >= 0.3 is 5.97 Å². The highest BCUT2D eigenvalue weighted by molar-refractivity contribution is 5.76. The Bertz CT molecular complexity index is 1010. The fourth-order valence-corrected chi connectivity index (χ4v) is 9.02. The Kier molecular flexibility index (Phi) is 53.5. The number of hydrogen-bond donors (Lipinski definition) is 3. The summed E-state index contributed by atoms with van der Waals surface area (Å²) in [7, 11) is 0. The third-order valence-corrected chi connectivity index (χ3v) is 13.5. The van der Waals surface area contributed by atoms with Crippen molar-refractivity contribution in [3.05, 3.63) is 24.3 Å². The fourth-order valence-electron chi connectivity index (χ4n) is 9.02. The standard InChI is InChI=1S/C59H113NO5/c1-3-5-7-9-11-13-15-17-19-21-25-29-33-37-41-45-49-53-59(64)65-54-50-46-42-38-34-30-26-23-20-22-24-28-32-36-40-44-48-52-58(63)60-56(55-61)57(62)51-47-43-39-35-31-27-18-16-14-12-10-8-6-4-2/h11,13,17,19,56-57,61-62H,3-10,12,14-16,18,20-55H2,1-2H3,(H,60,63)/b13-11-,19-17-. The summed E-state index contributed by atoms with van der Waals surface area (Å²) >= 11 is 0. The summed E-state index contributed by atoms with van der Waals surface area (Å²) in [5, 5.41) is 23.3. The molecule has 0 bridgehead atoms. The summed E-state index contributed by atoms with van der Waals surface area (Å²) in [5.41, 5.74) is 0. The van der Waals surface area contributed by atoms with Gasteiger partial charge in [0.25, 0.3) is 0 Å². The summed E-state index contributed by atoms with van der Waals surface area (Å²) in [6.07, 6.45) is 65.9. The lowest BCUT2D eigenvalue weighted by Gasteiger charge is -2.22. The summed E-state index contributed by atoms with van der Waals surface area (Å²) in [6.45, 7) is 4.92. The molecule has 0 fully saturated rings. The second-order valence-electron chi connectivity index (χ2n) is 20.0. The number of rotatable bonds is 54. The first-order valence-electron chi connectivity index (χ1n) is 29.1. The highest BCUT2D eigenvalue weighted by atomic mass is 16.5. The number of hydrogen-bond acceptors (Lipinski definition) is 5. The number of carbonyl (C=O) groups excluding carboxylic acids is 2.